The van der Waals surface area contributed by atoms with Gasteiger partial charge in [0, 0.05) is 25.0 Å². The molecule has 186 valence electrons. The van der Waals surface area contributed by atoms with E-state index >= 15 is 0 Å². The van der Waals surface area contributed by atoms with Gasteiger partial charge in [0.1, 0.15) is 17.8 Å². The number of carbonyl (C=O) groups is 5. The minimum absolute atomic E-state index is 0.0910. The second-order valence-corrected chi connectivity index (χ2v) is 9.35. The first kappa shape index (κ1) is 27.0. The minimum Gasteiger partial charge on any atom is -0.481 e. The summed E-state index contributed by atoms with van der Waals surface area (Å²) in [6.07, 6.45) is 4.98. The number of primary amides is 1. The van der Waals surface area contributed by atoms with Crippen molar-refractivity contribution >= 4 is 41.4 Å². The topological polar surface area (TPSA) is 185 Å². The second kappa shape index (κ2) is 12.9. The van der Waals surface area contributed by atoms with Crippen molar-refractivity contribution in [3.05, 3.63) is 24.3 Å². The van der Waals surface area contributed by atoms with Gasteiger partial charge in [-0.05, 0) is 25.2 Å². The highest BCUT2D eigenvalue weighted by atomic mass is 32.2. The number of carboxylic acid groups (broad SMARTS) is 1. The number of aliphatic carboxylic acids is 1. The Morgan fingerprint density at radius 3 is 2.56 bits per heavy atom. The van der Waals surface area contributed by atoms with Gasteiger partial charge in [-0.1, -0.05) is 13.8 Å². The van der Waals surface area contributed by atoms with E-state index in [1.807, 2.05) is 13.8 Å². The average molecular weight is 495 g/mol. The molecule has 0 spiro atoms. The van der Waals surface area contributed by atoms with Crippen molar-refractivity contribution < 1.29 is 29.1 Å². The Labute approximate surface area is 201 Å². The quantitative estimate of drug-likeness (QED) is 0.312. The van der Waals surface area contributed by atoms with Gasteiger partial charge in [0.15, 0.2) is 0 Å². The van der Waals surface area contributed by atoms with Crippen LogP contribution >= 0.6 is 11.8 Å². The molecule has 2 heterocycles. The van der Waals surface area contributed by atoms with Crippen LogP contribution in [0.1, 0.15) is 43.6 Å². The van der Waals surface area contributed by atoms with Crippen LogP contribution in [-0.2, 0) is 19.2 Å². The van der Waals surface area contributed by atoms with Gasteiger partial charge in [0.2, 0.25) is 17.7 Å². The lowest BCUT2D eigenvalue weighted by atomic mass is 9.95. The normalized spacial score (nSPS) is 18.7. The summed E-state index contributed by atoms with van der Waals surface area (Å²) in [6, 6.07) is -2.30. The Hall–Kier alpha value is -3.22. The number of likely N-dealkylation sites (tertiary alicyclic amines) is 1. The van der Waals surface area contributed by atoms with Crippen molar-refractivity contribution in [2.24, 2.45) is 11.7 Å². The van der Waals surface area contributed by atoms with Crippen molar-refractivity contribution in [1.82, 2.24) is 25.5 Å². The van der Waals surface area contributed by atoms with E-state index in [-0.39, 0.29) is 36.1 Å². The molecule has 12 nitrogen and oxygen atoms in total. The van der Waals surface area contributed by atoms with E-state index in [0.29, 0.717) is 12.8 Å². The lowest BCUT2D eigenvalue weighted by Crippen LogP contribution is -2.60. The van der Waals surface area contributed by atoms with Crippen LogP contribution in [0.25, 0.3) is 0 Å². The maximum Gasteiger partial charge on any atom is 0.313 e. The van der Waals surface area contributed by atoms with Gasteiger partial charge in [0.05, 0.1) is 17.7 Å². The molecule has 0 aromatic carbocycles. The van der Waals surface area contributed by atoms with Gasteiger partial charge in [-0.15, -0.1) is 11.8 Å². The molecule has 34 heavy (non-hydrogen) atoms. The number of carboxylic acids is 1. The molecular weight excluding hydrogens is 464 g/mol. The highest BCUT2D eigenvalue weighted by molar-refractivity contribution is 8.00. The Morgan fingerprint density at radius 2 is 1.97 bits per heavy atom. The van der Waals surface area contributed by atoms with Gasteiger partial charge < -0.3 is 26.4 Å². The van der Waals surface area contributed by atoms with Gasteiger partial charge in [-0.3, -0.25) is 29.0 Å². The molecule has 2 rings (SSSR count). The molecule has 1 aromatic rings. The number of amides is 4. The van der Waals surface area contributed by atoms with Gasteiger partial charge >= 0.3 is 5.97 Å². The van der Waals surface area contributed by atoms with E-state index in [1.165, 1.54) is 23.5 Å². The molecule has 3 atom stereocenters. The number of rotatable bonds is 11. The van der Waals surface area contributed by atoms with Crippen molar-refractivity contribution in [3.8, 4) is 0 Å². The fourth-order valence-corrected chi connectivity index (χ4v) is 4.23. The number of thioether (sulfide) groups is 1. The first-order chi connectivity index (χ1) is 16.1. The van der Waals surface area contributed by atoms with Crippen molar-refractivity contribution in [2.45, 2.75) is 51.2 Å². The zero-order chi connectivity index (χ0) is 25.3. The van der Waals surface area contributed by atoms with E-state index in [1.54, 1.807) is 0 Å². The van der Waals surface area contributed by atoms with Gasteiger partial charge in [-0.25, -0.2) is 4.98 Å². The van der Waals surface area contributed by atoms with E-state index < -0.39 is 47.7 Å². The zero-order valence-corrected chi connectivity index (χ0v) is 19.9. The lowest BCUT2D eigenvalue weighted by Gasteiger charge is -2.39. The summed E-state index contributed by atoms with van der Waals surface area (Å²) in [5, 5.41) is 14.3. The summed E-state index contributed by atoms with van der Waals surface area (Å²) < 4.78 is 0. The number of aromatic nitrogens is 2. The highest BCUT2D eigenvalue weighted by Gasteiger charge is 2.38. The van der Waals surface area contributed by atoms with Crippen LogP contribution in [0.15, 0.2) is 18.6 Å². The van der Waals surface area contributed by atoms with E-state index in [4.69, 9.17) is 10.8 Å². The molecule has 13 heteroatoms. The fourth-order valence-electron chi connectivity index (χ4n) is 3.61. The maximum atomic E-state index is 13.1. The molecule has 1 aromatic heterocycles. The largest absolute Gasteiger partial charge is 0.481 e. The molecule has 0 bridgehead atoms. The van der Waals surface area contributed by atoms with Crippen molar-refractivity contribution in [1.29, 1.82) is 0 Å². The number of nitrogens with one attached hydrogen (secondary N) is 2. The summed E-state index contributed by atoms with van der Waals surface area (Å²) in [5.41, 5.74) is 5.57. The van der Waals surface area contributed by atoms with Crippen LogP contribution in [0.4, 0.5) is 0 Å². The summed E-state index contributed by atoms with van der Waals surface area (Å²) in [5.74, 6) is -3.40. The van der Waals surface area contributed by atoms with Crippen LogP contribution in [0.3, 0.4) is 0 Å². The molecule has 1 fully saturated rings. The number of hydrogen-bond acceptors (Lipinski definition) is 8. The summed E-state index contributed by atoms with van der Waals surface area (Å²) in [6.45, 7) is 3.94. The molecular formula is C21H30N6O6S. The molecule has 4 amide bonds. The monoisotopic (exact) mass is 494 g/mol. The predicted molar refractivity (Wildman–Crippen MR) is 124 cm³/mol. The molecule has 0 saturated carbocycles. The Bertz CT molecular complexity index is 899. The number of carbonyl (C=O) groups excluding carboxylic acids is 4. The summed E-state index contributed by atoms with van der Waals surface area (Å²) >= 11 is 0.931. The Morgan fingerprint density at radius 1 is 1.24 bits per heavy atom. The van der Waals surface area contributed by atoms with Crippen LogP contribution in [0.5, 0.6) is 0 Å². The van der Waals surface area contributed by atoms with Crippen molar-refractivity contribution in [2.75, 3.05) is 18.1 Å². The van der Waals surface area contributed by atoms with Gasteiger partial charge in [0.25, 0.3) is 5.91 Å². The SMILES string of the molecule is CC(C)C[C@@H](NC(=O)[C@H]1C[C@@H](NC(=O)c2cnccn2)CCN1C(=O)CSCC(=O)O)C(N)=O. The highest BCUT2D eigenvalue weighted by Crippen LogP contribution is 2.21. The maximum absolute atomic E-state index is 13.1. The van der Waals surface area contributed by atoms with Crippen LogP contribution in [-0.4, -0.2) is 85.7 Å². The van der Waals surface area contributed by atoms with Crippen LogP contribution in [0, 0.1) is 5.92 Å². The number of hydrogen-bond donors (Lipinski definition) is 4. The number of nitrogens with two attached hydrogens (primary N) is 1. The molecule has 0 radical (unpaired) electrons. The summed E-state index contributed by atoms with van der Waals surface area (Å²) in [7, 11) is 0. The summed E-state index contributed by atoms with van der Waals surface area (Å²) in [4.78, 5) is 70.2. The lowest BCUT2D eigenvalue weighted by molar-refractivity contribution is -0.141. The third-order valence-electron chi connectivity index (χ3n) is 5.17. The molecule has 0 unspecified atom stereocenters. The van der Waals surface area contributed by atoms with Gasteiger partial charge in [-0.2, -0.15) is 0 Å². The predicted octanol–water partition coefficient (Wildman–Crippen LogP) is -0.600. The smallest absolute Gasteiger partial charge is 0.313 e. The first-order valence-electron chi connectivity index (χ1n) is 10.8. The molecule has 1 saturated heterocycles. The van der Waals surface area contributed by atoms with Crippen LogP contribution < -0.4 is 16.4 Å². The zero-order valence-electron chi connectivity index (χ0n) is 19.1. The molecule has 1 aliphatic rings. The third kappa shape index (κ3) is 8.28. The van der Waals surface area contributed by atoms with E-state index in [2.05, 4.69) is 20.6 Å². The molecule has 5 N–H and O–H groups in total. The first-order valence-corrected chi connectivity index (χ1v) is 12.0. The minimum atomic E-state index is -1.05. The fraction of sp³-hybridized carbons (Fsp3) is 0.571. The van der Waals surface area contributed by atoms with Crippen molar-refractivity contribution in [3.63, 3.8) is 0 Å². The van der Waals surface area contributed by atoms with E-state index in [0.717, 1.165) is 11.8 Å². The second-order valence-electron chi connectivity index (χ2n) is 8.37. The number of piperidine rings is 1. The van der Waals surface area contributed by atoms with E-state index in [9.17, 15) is 24.0 Å². The van der Waals surface area contributed by atoms with Crippen LogP contribution in [0.2, 0.25) is 0 Å². The average Bonchev–Trinajstić information content (AvgIpc) is 2.78. The molecule has 1 aliphatic heterocycles. The third-order valence-corrected chi connectivity index (χ3v) is 6.08. The standard InChI is InChI=1S/C21H30N6O6S/c1-12(2)7-14(19(22)31)26-21(33)16-8-13(25-20(32)15-9-23-4-5-24-15)3-6-27(16)17(28)10-34-11-18(29)30/h4-5,9,12-14,16H,3,6-8,10-11H2,1-2H3,(H2,22,31)(H,25,32)(H,26,33)(H,29,30)/t13-,14+,16+/m0/s1. The Balaban J connectivity index is 2.14. The Kier molecular flexibility index (Phi) is 10.2. The number of nitrogens with zero attached hydrogens (tertiary/aromatic N) is 3. The molecule has 0 aliphatic carbocycles.